The molecule has 0 saturated carbocycles. The zero-order valence-electron chi connectivity index (χ0n) is 14.4. The van der Waals surface area contributed by atoms with Gasteiger partial charge in [-0.05, 0) is 35.9 Å². The van der Waals surface area contributed by atoms with Gasteiger partial charge in [0.2, 0.25) is 0 Å². The lowest BCUT2D eigenvalue weighted by molar-refractivity contribution is -0.139. The third-order valence-electron chi connectivity index (χ3n) is 3.73. The average molecular weight is 430 g/mol. The molecule has 0 radical (unpaired) electrons. The van der Waals surface area contributed by atoms with Gasteiger partial charge in [-0.2, -0.15) is 9.78 Å². The van der Waals surface area contributed by atoms with E-state index in [1.54, 1.807) is 36.4 Å². The molecule has 2 aromatic carbocycles. The molecule has 3 rings (SSSR count). The van der Waals surface area contributed by atoms with Gasteiger partial charge in [-0.25, -0.2) is 9.78 Å². The third kappa shape index (κ3) is 4.40. The number of benzene rings is 2. The van der Waals surface area contributed by atoms with Crippen LogP contribution in [0.4, 0.5) is 0 Å². The van der Waals surface area contributed by atoms with Gasteiger partial charge in [-0.15, -0.1) is 0 Å². The number of carbonyl (C=O) groups is 1. The van der Waals surface area contributed by atoms with Crippen LogP contribution in [-0.4, -0.2) is 33.6 Å². The van der Waals surface area contributed by atoms with Crippen molar-refractivity contribution < 1.29 is 14.6 Å². The summed E-state index contributed by atoms with van der Waals surface area (Å²) in [5.41, 5.74) is 1.03. The number of hydrogen-bond acceptors (Lipinski definition) is 5. The lowest BCUT2D eigenvalue weighted by atomic mass is 10.2. The summed E-state index contributed by atoms with van der Waals surface area (Å²) in [7, 11) is 0. The van der Waals surface area contributed by atoms with E-state index in [9.17, 15) is 9.59 Å². The monoisotopic (exact) mass is 429 g/mol. The van der Waals surface area contributed by atoms with Gasteiger partial charge in [0.25, 0.3) is 5.56 Å². The largest absolute Gasteiger partial charge is 0.482 e. The molecule has 0 aliphatic heterocycles. The van der Waals surface area contributed by atoms with Crippen molar-refractivity contribution in [3.05, 3.63) is 68.7 Å². The maximum absolute atomic E-state index is 12.8. The second kappa shape index (κ2) is 8.13. The van der Waals surface area contributed by atoms with Crippen molar-refractivity contribution in [2.45, 2.75) is 13.3 Å². The van der Waals surface area contributed by atoms with Crippen molar-refractivity contribution >= 4 is 39.0 Å². The van der Waals surface area contributed by atoms with Crippen LogP contribution in [-0.2, 0) is 11.2 Å². The average Bonchev–Trinajstić information content (AvgIpc) is 2.66. The normalized spacial score (nSPS) is 11.2. The summed E-state index contributed by atoms with van der Waals surface area (Å²) >= 11 is 3.37. The van der Waals surface area contributed by atoms with Crippen molar-refractivity contribution in [2.24, 2.45) is 5.10 Å². The molecule has 8 heteroatoms. The highest BCUT2D eigenvalue weighted by Crippen LogP contribution is 2.16. The van der Waals surface area contributed by atoms with E-state index >= 15 is 0 Å². The number of nitrogens with zero attached hydrogens (tertiary/aromatic N) is 3. The van der Waals surface area contributed by atoms with Crippen LogP contribution in [0.5, 0.6) is 5.75 Å². The van der Waals surface area contributed by atoms with Crippen LogP contribution in [0, 0.1) is 0 Å². The first kappa shape index (κ1) is 18.8. The summed E-state index contributed by atoms with van der Waals surface area (Å²) < 4.78 is 7.22. The highest BCUT2D eigenvalue weighted by Gasteiger charge is 2.09. The summed E-state index contributed by atoms with van der Waals surface area (Å²) in [6.45, 7) is 1.47. The van der Waals surface area contributed by atoms with E-state index in [1.165, 1.54) is 10.9 Å². The summed E-state index contributed by atoms with van der Waals surface area (Å²) in [5, 5.41) is 13.5. The van der Waals surface area contributed by atoms with Crippen molar-refractivity contribution in [3.8, 4) is 5.75 Å². The lowest BCUT2D eigenvalue weighted by Crippen LogP contribution is -2.22. The summed E-state index contributed by atoms with van der Waals surface area (Å²) in [5.74, 6) is -0.101. The fraction of sp³-hybridized carbons (Fsp3) is 0.158. The molecule has 0 bridgehead atoms. The Morgan fingerprint density at radius 3 is 2.89 bits per heavy atom. The SMILES string of the molecule is CCc1nc2ccc(Br)cc2c(=O)n1N=Cc1cccc(OCC(=O)O)c1. The predicted molar refractivity (Wildman–Crippen MR) is 106 cm³/mol. The first-order valence-corrected chi connectivity index (χ1v) is 8.97. The van der Waals surface area contributed by atoms with Gasteiger partial charge in [0, 0.05) is 10.9 Å². The molecule has 7 nitrogen and oxygen atoms in total. The fourth-order valence-corrected chi connectivity index (χ4v) is 2.86. The minimum atomic E-state index is -1.05. The van der Waals surface area contributed by atoms with Crippen molar-refractivity contribution in [1.82, 2.24) is 9.66 Å². The molecular formula is C19H16BrN3O4. The van der Waals surface area contributed by atoms with Crippen LogP contribution < -0.4 is 10.3 Å². The quantitative estimate of drug-likeness (QED) is 0.607. The number of carboxylic acids is 1. The van der Waals surface area contributed by atoms with Crippen LogP contribution in [0.1, 0.15) is 18.3 Å². The Morgan fingerprint density at radius 1 is 1.33 bits per heavy atom. The molecule has 1 aromatic heterocycles. The number of aliphatic carboxylic acids is 1. The number of carboxylic acid groups (broad SMARTS) is 1. The van der Waals surface area contributed by atoms with E-state index in [0.29, 0.717) is 34.5 Å². The number of halogens is 1. The predicted octanol–water partition coefficient (Wildman–Crippen LogP) is 3.07. The second-order valence-electron chi connectivity index (χ2n) is 5.66. The molecule has 0 aliphatic rings. The molecule has 1 N–H and O–H groups in total. The molecule has 0 aliphatic carbocycles. The highest BCUT2D eigenvalue weighted by atomic mass is 79.9. The molecule has 138 valence electrons. The van der Waals surface area contributed by atoms with Crippen LogP contribution in [0.2, 0.25) is 0 Å². The molecule has 0 atom stereocenters. The van der Waals surface area contributed by atoms with Crippen LogP contribution in [0.15, 0.2) is 56.8 Å². The first-order chi connectivity index (χ1) is 13.0. The minimum absolute atomic E-state index is 0.257. The molecule has 0 unspecified atom stereocenters. The van der Waals surface area contributed by atoms with E-state index < -0.39 is 12.6 Å². The van der Waals surface area contributed by atoms with Crippen molar-refractivity contribution in [1.29, 1.82) is 0 Å². The number of rotatable bonds is 6. The Bertz CT molecular complexity index is 1090. The van der Waals surface area contributed by atoms with Crippen LogP contribution in [0.25, 0.3) is 10.9 Å². The third-order valence-corrected chi connectivity index (χ3v) is 4.23. The molecule has 27 heavy (non-hydrogen) atoms. The zero-order valence-corrected chi connectivity index (χ0v) is 16.0. The number of aryl methyl sites for hydroxylation is 1. The van der Waals surface area contributed by atoms with E-state index in [0.717, 1.165) is 4.47 Å². The van der Waals surface area contributed by atoms with Crippen LogP contribution >= 0.6 is 15.9 Å². The van der Waals surface area contributed by atoms with E-state index in [1.807, 2.05) is 13.0 Å². The number of ether oxygens (including phenoxy) is 1. The molecular weight excluding hydrogens is 414 g/mol. The molecule has 0 fully saturated rings. The van der Waals surface area contributed by atoms with E-state index in [-0.39, 0.29) is 5.56 Å². The highest BCUT2D eigenvalue weighted by molar-refractivity contribution is 9.10. The van der Waals surface area contributed by atoms with E-state index in [4.69, 9.17) is 9.84 Å². The standard InChI is InChI=1S/C19H16BrN3O4/c1-2-17-22-16-7-6-13(20)9-15(16)19(26)23(17)21-10-12-4-3-5-14(8-12)27-11-18(24)25/h3-10H,2,11H2,1H3,(H,24,25). The maximum atomic E-state index is 12.8. The Morgan fingerprint density at radius 2 is 2.15 bits per heavy atom. The summed E-state index contributed by atoms with van der Waals surface area (Å²) in [6.07, 6.45) is 2.06. The van der Waals surface area contributed by atoms with Crippen LogP contribution in [0.3, 0.4) is 0 Å². The molecule has 3 aromatic rings. The number of hydrogen-bond donors (Lipinski definition) is 1. The number of fused-ring (bicyclic) bond motifs is 1. The molecule has 0 saturated heterocycles. The first-order valence-electron chi connectivity index (χ1n) is 8.18. The Kier molecular flexibility index (Phi) is 5.66. The molecule has 1 heterocycles. The lowest BCUT2D eigenvalue weighted by Gasteiger charge is -2.08. The minimum Gasteiger partial charge on any atom is -0.482 e. The van der Waals surface area contributed by atoms with Gasteiger partial charge in [-0.1, -0.05) is 35.0 Å². The Balaban J connectivity index is 1.98. The van der Waals surface area contributed by atoms with Gasteiger partial charge >= 0.3 is 5.97 Å². The van der Waals surface area contributed by atoms with Gasteiger partial charge in [-0.3, -0.25) is 4.79 Å². The molecule has 0 spiro atoms. The van der Waals surface area contributed by atoms with Gasteiger partial charge < -0.3 is 9.84 Å². The topological polar surface area (TPSA) is 93.8 Å². The van der Waals surface area contributed by atoms with Gasteiger partial charge in [0.1, 0.15) is 11.6 Å². The zero-order chi connectivity index (χ0) is 19.4. The van der Waals surface area contributed by atoms with E-state index in [2.05, 4.69) is 26.0 Å². The summed E-state index contributed by atoms with van der Waals surface area (Å²) in [4.78, 5) is 27.9. The van der Waals surface area contributed by atoms with Crippen molar-refractivity contribution in [2.75, 3.05) is 6.61 Å². The smallest absolute Gasteiger partial charge is 0.341 e. The number of aromatic nitrogens is 2. The maximum Gasteiger partial charge on any atom is 0.341 e. The van der Waals surface area contributed by atoms with Gasteiger partial charge in [0.15, 0.2) is 6.61 Å². The van der Waals surface area contributed by atoms with Gasteiger partial charge in [0.05, 0.1) is 17.1 Å². The molecule has 0 amide bonds. The van der Waals surface area contributed by atoms with Crippen molar-refractivity contribution in [3.63, 3.8) is 0 Å². The fourth-order valence-electron chi connectivity index (χ4n) is 2.50. The summed E-state index contributed by atoms with van der Waals surface area (Å²) in [6, 6.07) is 12.1. The Hall–Kier alpha value is -3.00. The Labute approximate surface area is 163 Å². The second-order valence-corrected chi connectivity index (χ2v) is 6.58.